The fourth-order valence-electron chi connectivity index (χ4n) is 2.95. The molecule has 0 aromatic heterocycles. The lowest BCUT2D eigenvalue weighted by Gasteiger charge is -2.23. The lowest BCUT2D eigenvalue weighted by atomic mass is 9.94. The van der Waals surface area contributed by atoms with E-state index in [-0.39, 0.29) is 11.4 Å². The molecule has 4 heteroatoms. The monoisotopic (exact) mass is 275 g/mol. The highest BCUT2D eigenvalue weighted by molar-refractivity contribution is 5.92. The normalized spacial score (nSPS) is 17.0. The van der Waals surface area contributed by atoms with Crippen molar-refractivity contribution in [3.63, 3.8) is 0 Å². The van der Waals surface area contributed by atoms with Crippen molar-refractivity contribution in [3.05, 3.63) is 23.8 Å². The van der Waals surface area contributed by atoms with Gasteiger partial charge in [0.2, 0.25) is 5.91 Å². The van der Waals surface area contributed by atoms with Gasteiger partial charge in [0.1, 0.15) is 0 Å². The van der Waals surface area contributed by atoms with E-state index in [2.05, 4.69) is 12.2 Å². The van der Waals surface area contributed by atoms with Crippen LogP contribution in [-0.4, -0.2) is 25.5 Å². The number of aryl methyl sites for hydroxylation is 1. The van der Waals surface area contributed by atoms with Gasteiger partial charge in [-0.25, -0.2) is 0 Å². The molecule has 110 valence electrons. The summed E-state index contributed by atoms with van der Waals surface area (Å²) in [4.78, 5) is 14.2. The summed E-state index contributed by atoms with van der Waals surface area (Å²) in [5, 5.41) is 2.97. The van der Waals surface area contributed by atoms with E-state index in [0.29, 0.717) is 6.42 Å². The third-order valence-corrected chi connectivity index (χ3v) is 4.09. The average molecular weight is 275 g/mol. The van der Waals surface area contributed by atoms with Crippen LogP contribution in [0, 0.1) is 6.92 Å². The Labute approximate surface area is 121 Å². The van der Waals surface area contributed by atoms with Crippen molar-refractivity contribution >= 4 is 17.3 Å². The number of carbonyl (C=O) groups excluding carboxylic acids is 1. The zero-order valence-corrected chi connectivity index (χ0v) is 12.7. The van der Waals surface area contributed by atoms with Gasteiger partial charge < -0.3 is 16.0 Å². The third kappa shape index (κ3) is 3.51. The first-order valence-corrected chi connectivity index (χ1v) is 7.26. The Kier molecular flexibility index (Phi) is 4.33. The summed E-state index contributed by atoms with van der Waals surface area (Å²) >= 11 is 0. The number of hydrogen-bond donors (Lipinski definition) is 2. The van der Waals surface area contributed by atoms with E-state index in [1.54, 1.807) is 0 Å². The zero-order chi connectivity index (χ0) is 14.8. The maximum absolute atomic E-state index is 12.1. The number of rotatable bonds is 4. The van der Waals surface area contributed by atoms with Crippen molar-refractivity contribution < 1.29 is 4.79 Å². The molecule has 3 N–H and O–H groups in total. The van der Waals surface area contributed by atoms with Crippen molar-refractivity contribution in [1.82, 2.24) is 0 Å². The number of nitrogens with zero attached hydrogens (tertiary/aromatic N) is 1. The Hall–Kier alpha value is -1.55. The number of nitrogens with one attached hydrogen (secondary N) is 1. The van der Waals surface area contributed by atoms with Gasteiger partial charge in [0, 0.05) is 37.4 Å². The Morgan fingerprint density at radius 3 is 2.60 bits per heavy atom. The van der Waals surface area contributed by atoms with Gasteiger partial charge in [-0.05, 0) is 37.5 Å². The van der Waals surface area contributed by atoms with Gasteiger partial charge in [-0.3, -0.25) is 4.79 Å². The van der Waals surface area contributed by atoms with Crippen LogP contribution in [0.5, 0.6) is 0 Å². The smallest absolute Gasteiger partial charge is 0.226 e. The minimum absolute atomic E-state index is 0.0166. The van der Waals surface area contributed by atoms with E-state index in [0.717, 1.165) is 37.1 Å². The first kappa shape index (κ1) is 14.9. The standard InChI is InChI=1S/C16H25N3O/c1-12-6-7-13(10-14(12)19(2)3)18-15(20)11-16(17)8-4-5-9-16/h6-7,10H,4-5,8-9,11,17H2,1-3H3,(H,18,20). The van der Waals surface area contributed by atoms with E-state index in [4.69, 9.17) is 5.73 Å². The van der Waals surface area contributed by atoms with Gasteiger partial charge in [0.15, 0.2) is 0 Å². The molecule has 0 unspecified atom stereocenters. The van der Waals surface area contributed by atoms with Crippen molar-refractivity contribution in [1.29, 1.82) is 0 Å². The van der Waals surface area contributed by atoms with Crippen LogP contribution in [0.25, 0.3) is 0 Å². The quantitative estimate of drug-likeness (QED) is 0.888. The molecule has 2 rings (SSSR count). The van der Waals surface area contributed by atoms with Crippen LogP contribution < -0.4 is 16.0 Å². The van der Waals surface area contributed by atoms with E-state index < -0.39 is 0 Å². The summed E-state index contributed by atoms with van der Waals surface area (Å²) in [6.45, 7) is 2.06. The first-order valence-electron chi connectivity index (χ1n) is 7.26. The summed E-state index contributed by atoms with van der Waals surface area (Å²) in [6, 6.07) is 5.97. The predicted molar refractivity (Wildman–Crippen MR) is 84.1 cm³/mol. The molecule has 4 nitrogen and oxygen atoms in total. The molecule has 0 bridgehead atoms. The Morgan fingerprint density at radius 1 is 1.35 bits per heavy atom. The molecule has 1 fully saturated rings. The van der Waals surface area contributed by atoms with Crippen LogP contribution in [-0.2, 0) is 4.79 Å². The molecule has 0 aliphatic heterocycles. The molecular formula is C16H25N3O. The average Bonchev–Trinajstić information content (AvgIpc) is 2.77. The topological polar surface area (TPSA) is 58.4 Å². The van der Waals surface area contributed by atoms with Crippen LogP contribution in [0.1, 0.15) is 37.7 Å². The van der Waals surface area contributed by atoms with Gasteiger partial charge >= 0.3 is 0 Å². The lowest BCUT2D eigenvalue weighted by Crippen LogP contribution is -2.40. The molecule has 1 aromatic rings. The number of anilines is 2. The molecule has 1 saturated carbocycles. The molecule has 1 amide bonds. The molecule has 1 aliphatic rings. The minimum atomic E-state index is -0.293. The Balaban J connectivity index is 2.02. The minimum Gasteiger partial charge on any atom is -0.377 e. The summed E-state index contributed by atoms with van der Waals surface area (Å²) in [5.41, 5.74) is 9.10. The van der Waals surface area contributed by atoms with Gasteiger partial charge in [0.05, 0.1) is 0 Å². The van der Waals surface area contributed by atoms with Crippen molar-refractivity contribution in [3.8, 4) is 0 Å². The third-order valence-electron chi connectivity index (χ3n) is 4.09. The highest BCUT2D eigenvalue weighted by Crippen LogP contribution is 2.30. The molecule has 20 heavy (non-hydrogen) atoms. The van der Waals surface area contributed by atoms with E-state index in [9.17, 15) is 4.79 Å². The lowest BCUT2D eigenvalue weighted by molar-refractivity contribution is -0.117. The molecule has 0 radical (unpaired) electrons. The number of carbonyl (C=O) groups is 1. The highest BCUT2D eigenvalue weighted by atomic mass is 16.1. The van der Waals surface area contributed by atoms with Crippen LogP contribution in [0.2, 0.25) is 0 Å². The highest BCUT2D eigenvalue weighted by Gasteiger charge is 2.31. The zero-order valence-electron chi connectivity index (χ0n) is 12.7. The maximum atomic E-state index is 12.1. The van der Waals surface area contributed by atoms with Crippen LogP contribution in [0.3, 0.4) is 0 Å². The van der Waals surface area contributed by atoms with Gasteiger partial charge in [-0.1, -0.05) is 18.9 Å². The summed E-state index contributed by atoms with van der Waals surface area (Å²) in [7, 11) is 4.00. The van der Waals surface area contributed by atoms with Crippen LogP contribution in [0.4, 0.5) is 11.4 Å². The van der Waals surface area contributed by atoms with E-state index in [1.165, 1.54) is 5.56 Å². The maximum Gasteiger partial charge on any atom is 0.226 e. The second-order valence-electron chi connectivity index (χ2n) is 6.19. The second-order valence-corrected chi connectivity index (χ2v) is 6.19. The molecule has 1 aromatic carbocycles. The van der Waals surface area contributed by atoms with Gasteiger partial charge in [0.25, 0.3) is 0 Å². The van der Waals surface area contributed by atoms with Crippen molar-refractivity contribution in [2.24, 2.45) is 5.73 Å². The number of amides is 1. The summed E-state index contributed by atoms with van der Waals surface area (Å²) < 4.78 is 0. The molecular weight excluding hydrogens is 250 g/mol. The molecule has 0 saturated heterocycles. The van der Waals surface area contributed by atoms with Crippen molar-refractivity contribution in [2.45, 2.75) is 44.6 Å². The Bertz CT molecular complexity index is 490. The summed E-state index contributed by atoms with van der Waals surface area (Å²) in [6.07, 6.45) is 4.60. The second kappa shape index (κ2) is 5.83. The van der Waals surface area contributed by atoms with E-state index >= 15 is 0 Å². The fourth-order valence-corrected chi connectivity index (χ4v) is 2.95. The van der Waals surface area contributed by atoms with Crippen LogP contribution in [0.15, 0.2) is 18.2 Å². The Morgan fingerprint density at radius 2 is 2.00 bits per heavy atom. The number of benzene rings is 1. The molecule has 0 atom stereocenters. The molecule has 0 heterocycles. The molecule has 1 aliphatic carbocycles. The summed E-state index contributed by atoms with van der Waals surface area (Å²) in [5.74, 6) is 0.0166. The molecule has 0 spiro atoms. The van der Waals surface area contributed by atoms with Gasteiger partial charge in [-0.2, -0.15) is 0 Å². The van der Waals surface area contributed by atoms with E-state index in [1.807, 2.05) is 37.2 Å². The number of hydrogen-bond acceptors (Lipinski definition) is 3. The predicted octanol–water partition coefficient (Wildman–Crippen LogP) is 2.66. The fraction of sp³-hybridized carbons (Fsp3) is 0.562. The SMILES string of the molecule is Cc1ccc(NC(=O)CC2(N)CCCC2)cc1N(C)C. The number of nitrogens with two attached hydrogens (primary N) is 1. The largest absolute Gasteiger partial charge is 0.377 e. The van der Waals surface area contributed by atoms with Crippen molar-refractivity contribution in [2.75, 3.05) is 24.3 Å². The van der Waals surface area contributed by atoms with Crippen LogP contribution >= 0.6 is 0 Å². The van der Waals surface area contributed by atoms with Gasteiger partial charge in [-0.15, -0.1) is 0 Å². The first-order chi connectivity index (χ1) is 9.39.